The van der Waals surface area contributed by atoms with Crippen LogP contribution < -0.4 is 5.32 Å². The lowest BCUT2D eigenvalue weighted by Gasteiger charge is -2.17. The minimum Gasteiger partial charge on any atom is -0.355 e. The second kappa shape index (κ2) is 7.65. The van der Waals surface area contributed by atoms with E-state index in [0.717, 1.165) is 10.9 Å². The maximum Gasteiger partial charge on any atom is 0.255 e. The van der Waals surface area contributed by atoms with Crippen LogP contribution in [0.1, 0.15) is 23.7 Å². The van der Waals surface area contributed by atoms with Gasteiger partial charge in [-0.2, -0.15) is 0 Å². The third kappa shape index (κ3) is 4.95. The fraction of sp³-hybridized carbons (Fsp3) is 0.385. The SMILES string of the molecule is CCCNC(=O)CN(C)C(=O)c1ccc(Br)cc1Br. The molecule has 1 rings (SSSR count). The summed E-state index contributed by atoms with van der Waals surface area (Å²) in [4.78, 5) is 25.2. The highest BCUT2D eigenvalue weighted by Crippen LogP contribution is 2.22. The average Bonchev–Trinajstić information content (AvgIpc) is 2.35. The summed E-state index contributed by atoms with van der Waals surface area (Å²) < 4.78 is 1.59. The van der Waals surface area contributed by atoms with E-state index in [1.165, 1.54) is 4.90 Å². The molecule has 0 spiro atoms. The number of hydrogen-bond donors (Lipinski definition) is 1. The molecule has 0 saturated carbocycles. The van der Waals surface area contributed by atoms with Gasteiger partial charge in [0, 0.05) is 22.5 Å². The number of nitrogens with zero attached hydrogens (tertiary/aromatic N) is 1. The first-order valence-electron chi connectivity index (χ1n) is 5.93. The topological polar surface area (TPSA) is 49.4 Å². The van der Waals surface area contributed by atoms with Crippen LogP contribution in [0.4, 0.5) is 0 Å². The van der Waals surface area contributed by atoms with Crippen molar-refractivity contribution in [2.24, 2.45) is 0 Å². The normalized spacial score (nSPS) is 10.1. The minimum absolute atomic E-state index is 0.0569. The molecular formula is C13H16Br2N2O2. The maximum absolute atomic E-state index is 12.2. The number of nitrogens with one attached hydrogen (secondary N) is 1. The van der Waals surface area contributed by atoms with Gasteiger partial charge in [0.2, 0.25) is 5.91 Å². The molecule has 0 atom stereocenters. The van der Waals surface area contributed by atoms with Gasteiger partial charge in [0.05, 0.1) is 12.1 Å². The summed E-state index contributed by atoms with van der Waals surface area (Å²) in [5.74, 6) is -0.336. The fourth-order valence-corrected chi connectivity index (χ4v) is 2.69. The van der Waals surface area contributed by atoms with E-state index in [1.54, 1.807) is 25.2 Å². The van der Waals surface area contributed by atoms with Gasteiger partial charge in [0.1, 0.15) is 0 Å². The van der Waals surface area contributed by atoms with Crippen molar-refractivity contribution in [2.75, 3.05) is 20.1 Å². The summed E-state index contributed by atoms with van der Waals surface area (Å²) in [5.41, 5.74) is 0.536. The molecule has 0 radical (unpaired) electrons. The molecule has 104 valence electrons. The van der Waals surface area contributed by atoms with Gasteiger partial charge in [0.25, 0.3) is 5.91 Å². The van der Waals surface area contributed by atoms with E-state index < -0.39 is 0 Å². The van der Waals surface area contributed by atoms with Crippen LogP contribution in [0, 0.1) is 0 Å². The van der Waals surface area contributed by atoms with Crippen molar-refractivity contribution in [3.63, 3.8) is 0 Å². The quantitative estimate of drug-likeness (QED) is 0.838. The fourth-order valence-electron chi connectivity index (χ4n) is 1.48. The summed E-state index contributed by atoms with van der Waals surface area (Å²) in [6, 6.07) is 5.32. The number of likely N-dealkylation sites (N-methyl/N-ethyl adjacent to an activating group) is 1. The second-order valence-corrected chi connectivity index (χ2v) is 5.91. The Hall–Kier alpha value is -0.880. The summed E-state index contributed by atoms with van der Waals surface area (Å²) in [6.07, 6.45) is 0.877. The van der Waals surface area contributed by atoms with Gasteiger partial charge >= 0.3 is 0 Å². The van der Waals surface area contributed by atoms with E-state index in [-0.39, 0.29) is 18.4 Å². The van der Waals surface area contributed by atoms with Gasteiger partial charge in [-0.15, -0.1) is 0 Å². The molecule has 1 N–H and O–H groups in total. The first kappa shape index (κ1) is 16.2. The highest BCUT2D eigenvalue weighted by Gasteiger charge is 2.17. The van der Waals surface area contributed by atoms with Gasteiger partial charge in [-0.05, 0) is 40.5 Å². The van der Waals surface area contributed by atoms with Crippen LogP contribution >= 0.6 is 31.9 Å². The third-order valence-corrected chi connectivity index (χ3v) is 3.61. The van der Waals surface area contributed by atoms with Gasteiger partial charge in [-0.25, -0.2) is 0 Å². The molecule has 4 nitrogen and oxygen atoms in total. The molecule has 0 fully saturated rings. The van der Waals surface area contributed by atoms with E-state index in [2.05, 4.69) is 37.2 Å². The number of hydrogen-bond acceptors (Lipinski definition) is 2. The molecule has 1 aromatic carbocycles. The largest absolute Gasteiger partial charge is 0.355 e. The number of carbonyl (C=O) groups excluding carboxylic acids is 2. The zero-order valence-electron chi connectivity index (χ0n) is 10.9. The number of carbonyl (C=O) groups is 2. The highest BCUT2D eigenvalue weighted by atomic mass is 79.9. The van der Waals surface area contributed by atoms with Crippen LogP contribution in [0.2, 0.25) is 0 Å². The Kier molecular flexibility index (Phi) is 6.51. The zero-order valence-corrected chi connectivity index (χ0v) is 14.0. The van der Waals surface area contributed by atoms with Gasteiger partial charge in [-0.1, -0.05) is 22.9 Å². The summed E-state index contributed by atoms with van der Waals surface area (Å²) >= 11 is 6.68. The Labute approximate surface area is 129 Å². The number of amides is 2. The summed E-state index contributed by atoms with van der Waals surface area (Å²) in [6.45, 7) is 2.66. The lowest BCUT2D eigenvalue weighted by Crippen LogP contribution is -2.38. The maximum atomic E-state index is 12.2. The lowest BCUT2D eigenvalue weighted by molar-refractivity contribution is -0.121. The van der Waals surface area contributed by atoms with Crippen LogP contribution in [0.25, 0.3) is 0 Å². The van der Waals surface area contributed by atoms with Crippen LogP contribution in [-0.4, -0.2) is 36.9 Å². The first-order chi connectivity index (χ1) is 8.95. The van der Waals surface area contributed by atoms with Crippen molar-refractivity contribution in [1.82, 2.24) is 10.2 Å². The zero-order chi connectivity index (χ0) is 14.4. The van der Waals surface area contributed by atoms with Gasteiger partial charge in [0.15, 0.2) is 0 Å². The molecule has 0 bridgehead atoms. The van der Waals surface area contributed by atoms with E-state index in [4.69, 9.17) is 0 Å². The Morgan fingerprint density at radius 3 is 2.58 bits per heavy atom. The van der Waals surface area contributed by atoms with Crippen molar-refractivity contribution in [2.45, 2.75) is 13.3 Å². The molecule has 0 aliphatic rings. The number of rotatable bonds is 5. The average molecular weight is 392 g/mol. The van der Waals surface area contributed by atoms with Crippen molar-refractivity contribution < 1.29 is 9.59 Å². The Bertz CT molecular complexity index is 478. The van der Waals surface area contributed by atoms with E-state index in [9.17, 15) is 9.59 Å². The number of benzene rings is 1. The third-order valence-electron chi connectivity index (χ3n) is 2.46. The van der Waals surface area contributed by atoms with Crippen molar-refractivity contribution in [3.05, 3.63) is 32.7 Å². The number of halogens is 2. The van der Waals surface area contributed by atoms with Crippen molar-refractivity contribution in [3.8, 4) is 0 Å². The molecule has 0 aliphatic heterocycles. The predicted octanol–water partition coefficient (Wildman–Crippen LogP) is 2.81. The highest BCUT2D eigenvalue weighted by molar-refractivity contribution is 9.11. The van der Waals surface area contributed by atoms with Gasteiger partial charge in [-0.3, -0.25) is 9.59 Å². The Morgan fingerprint density at radius 2 is 2.00 bits per heavy atom. The molecule has 6 heteroatoms. The van der Waals surface area contributed by atoms with E-state index >= 15 is 0 Å². The smallest absolute Gasteiger partial charge is 0.255 e. The van der Waals surface area contributed by atoms with E-state index in [1.807, 2.05) is 6.92 Å². The van der Waals surface area contributed by atoms with Crippen LogP contribution in [0.5, 0.6) is 0 Å². The standard InChI is InChI=1S/C13H16Br2N2O2/c1-3-6-16-12(18)8-17(2)13(19)10-5-4-9(14)7-11(10)15/h4-5,7H,3,6,8H2,1-2H3,(H,16,18). The minimum atomic E-state index is -0.189. The van der Waals surface area contributed by atoms with Crippen LogP contribution in [0.15, 0.2) is 27.1 Å². The second-order valence-electron chi connectivity index (χ2n) is 4.14. The molecule has 19 heavy (non-hydrogen) atoms. The van der Waals surface area contributed by atoms with E-state index in [0.29, 0.717) is 16.6 Å². The van der Waals surface area contributed by atoms with Crippen LogP contribution in [-0.2, 0) is 4.79 Å². The molecule has 1 aromatic rings. The molecule has 0 aromatic heterocycles. The first-order valence-corrected chi connectivity index (χ1v) is 7.51. The Morgan fingerprint density at radius 1 is 1.32 bits per heavy atom. The lowest BCUT2D eigenvalue weighted by atomic mass is 10.2. The predicted molar refractivity (Wildman–Crippen MR) is 82.1 cm³/mol. The molecular weight excluding hydrogens is 376 g/mol. The van der Waals surface area contributed by atoms with Crippen molar-refractivity contribution in [1.29, 1.82) is 0 Å². The molecule has 0 aliphatic carbocycles. The summed E-state index contributed by atoms with van der Waals surface area (Å²) in [7, 11) is 1.61. The Balaban J connectivity index is 2.69. The van der Waals surface area contributed by atoms with Crippen LogP contribution in [0.3, 0.4) is 0 Å². The van der Waals surface area contributed by atoms with Crippen molar-refractivity contribution >= 4 is 43.7 Å². The monoisotopic (exact) mass is 390 g/mol. The molecule has 2 amide bonds. The van der Waals surface area contributed by atoms with Gasteiger partial charge < -0.3 is 10.2 Å². The molecule has 0 saturated heterocycles. The molecule has 0 unspecified atom stereocenters. The molecule has 0 heterocycles. The summed E-state index contributed by atoms with van der Waals surface area (Å²) in [5, 5.41) is 2.74.